The van der Waals surface area contributed by atoms with E-state index in [1.54, 1.807) is 19.1 Å². The lowest BCUT2D eigenvalue weighted by Crippen LogP contribution is -1.82. The van der Waals surface area contributed by atoms with Crippen LogP contribution >= 0.6 is 15.9 Å². The highest BCUT2D eigenvalue weighted by Gasteiger charge is 2.09. The molecule has 0 aliphatic heterocycles. The molecule has 0 radical (unpaired) electrons. The summed E-state index contributed by atoms with van der Waals surface area (Å²) < 4.78 is 19.2. The number of aryl methyl sites for hydroxylation is 1. The molecule has 0 aliphatic rings. The van der Waals surface area contributed by atoms with Crippen LogP contribution in [0.3, 0.4) is 0 Å². The zero-order valence-electron chi connectivity index (χ0n) is 6.40. The van der Waals surface area contributed by atoms with Crippen molar-refractivity contribution in [3.8, 4) is 0 Å². The van der Waals surface area contributed by atoms with E-state index in [2.05, 4.69) is 15.9 Å². The van der Waals surface area contributed by atoms with Gasteiger partial charge in [-0.25, -0.2) is 4.39 Å². The van der Waals surface area contributed by atoms with E-state index >= 15 is 0 Å². The van der Waals surface area contributed by atoms with Crippen molar-refractivity contribution in [1.82, 2.24) is 0 Å². The van der Waals surface area contributed by atoms with Crippen LogP contribution in [-0.2, 0) is 0 Å². The zero-order chi connectivity index (χ0) is 8.72. The highest BCUT2D eigenvalue weighted by Crippen LogP contribution is 2.29. The van der Waals surface area contributed by atoms with Crippen LogP contribution in [-0.4, -0.2) is 0 Å². The average molecular weight is 229 g/mol. The van der Waals surface area contributed by atoms with Crippen molar-refractivity contribution in [3.63, 3.8) is 0 Å². The molecule has 0 fully saturated rings. The lowest BCUT2D eigenvalue weighted by Gasteiger charge is -1.98. The molecule has 0 aliphatic carbocycles. The number of hydrogen-bond acceptors (Lipinski definition) is 1. The van der Waals surface area contributed by atoms with Crippen LogP contribution in [0.4, 0.5) is 4.39 Å². The molecule has 0 bridgehead atoms. The van der Waals surface area contributed by atoms with E-state index in [1.165, 1.54) is 6.26 Å². The molecular weight excluding hydrogens is 223 g/mol. The standard InChI is InChI=1S/C9H6BrFO/c1-5-4-7(10)9-6(8(5)11)2-3-12-9/h2-4H,1H3. The first-order valence-corrected chi connectivity index (χ1v) is 4.31. The summed E-state index contributed by atoms with van der Waals surface area (Å²) in [6.45, 7) is 1.73. The lowest BCUT2D eigenvalue weighted by molar-refractivity contribution is 0.606. The minimum Gasteiger partial charge on any atom is -0.463 e. The number of halogens is 2. The fraction of sp³-hybridized carbons (Fsp3) is 0.111. The molecule has 1 aromatic heterocycles. The van der Waals surface area contributed by atoms with E-state index in [1.807, 2.05) is 0 Å². The van der Waals surface area contributed by atoms with Gasteiger partial charge in [0.1, 0.15) is 5.82 Å². The molecule has 0 amide bonds. The minimum absolute atomic E-state index is 0.207. The summed E-state index contributed by atoms with van der Waals surface area (Å²) in [5.74, 6) is -0.207. The van der Waals surface area contributed by atoms with Gasteiger partial charge in [0.25, 0.3) is 0 Å². The Morgan fingerprint density at radius 3 is 3.00 bits per heavy atom. The van der Waals surface area contributed by atoms with Gasteiger partial charge in [0.15, 0.2) is 5.58 Å². The van der Waals surface area contributed by atoms with Crippen molar-refractivity contribution < 1.29 is 8.81 Å². The molecule has 0 saturated heterocycles. The largest absolute Gasteiger partial charge is 0.463 e. The molecular formula is C9H6BrFO. The smallest absolute Gasteiger partial charge is 0.150 e. The van der Waals surface area contributed by atoms with Crippen molar-refractivity contribution in [3.05, 3.63) is 34.2 Å². The number of rotatable bonds is 0. The van der Waals surface area contributed by atoms with E-state index < -0.39 is 0 Å². The maximum atomic E-state index is 13.3. The van der Waals surface area contributed by atoms with Crippen molar-refractivity contribution in [2.75, 3.05) is 0 Å². The molecule has 0 atom stereocenters. The Bertz CT molecular complexity index is 433. The van der Waals surface area contributed by atoms with Crippen molar-refractivity contribution in [2.45, 2.75) is 6.92 Å². The molecule has 1 aromatic carbocycles. The Balaban J connectivity index is 2.97. The zero-order valence-corrected chi connectivity index (χ0v) is 7.98. The normalized spacial score (nSPS) is 10.9. The van der Waals surface area contributed by atoms with Gasteiger partial charge in [0.2, 0.25) is 0 Å². The van der Waals surface area contributed by atoms with Crippen LogP contribution in [0.15, 0.2) is 27.3 Å². The molecule has 0 spiro atoms. The van der Waals surface area contributed by atoms with Crippen LogP contribution in [0.25, 0.3) is 11.0 Å². The Morgan fingerprint density at radius 2 is 2.25 bits per heavy atom. The van der Waals surface area contributed by atoms with E-state index in [4.69, 9.17) is 4.42 Å². The number of benzene rings is 1. The van der Waals surface area contributed by atoms with Gasteiger partial charge in [-0.1, -0.05) is 0 Å². The fourth-order valence-electron chi connectivity index (χ4n) is 1.20. The van der Waals surface area contributed by atoms with Crippen molar-refractivity contribution in [1.29, 1.82) is 0 Å². The molecule has 0 saturated carbocycles. The lowest BCUT2D eigenvalue weighted by atomic mass is 10.2. The molecule has 62 valence electrons. The molecule has 3 heteroatoms. The SMILES string of the molecule is Cc1cc(Br)c2occc2c1F. The first-order chi connectivity index (χ1) is 5.70. The molecule has 12 heavy (non-hydrogen) atoms. The summed E-state index contributed by atoms with van der Waals surface area (Å²) in [7, 11) is 0. The maximum Gasteiger partial charge on any atom is 0.150 e. The number of hydrogen-bond donors (Lipinski definition) is 0. The predicted molar refractivity (Wildman–Crippen MR) is 48.6 cm³/mol. The second-order valence-corrected chi connectivity index (χ2v) is 3.51. The summed E-state index contributed by atoms with van der Waals surface area (Å²) in [5, 5.41) is 0.530. The van der Waals surface area contributed by atoms with E-state index in [9.17, 15) is 4.39 Å². The molecule has 1 heterocycles. The van der Waals surface area contributed by atoms with Gasteiger partial charge < -0.3 is 4.42 Å². The van der Waals surface area contributed by atoms with E-state index in [0.717, 1.165) is 4.47 Å². The van der Waals surface area contributed by atoms with Gasteiger partial charge in [-0.2, -0.15) is 0 Å². The van der Waals surface area contributed by atoms with Crippen LogP contribution in [0.5, 0.6) is 0 Å². The second-order valence-electron chi connectivity index (χ2n) is 2.65. The number of fused-ring (bicyclic) bond motifs is 1. The van der Waals surface area contributed by atoms with Gasteiger partial charge in [0.05, 0.1) is 16.1 Å². The van der Waals surface area contributed by atoms with Gasteiger partial charge in [0, 0.05) is 0 Å². The summed E-state index contributed by atoms with van der Waals surface area (Å²) in [5.41, 5.74) is 1.19. The minimum atomic E-state index is -0.207. The van der Waals surface area contributed by atoms with Gasteiger partial charge in [-0.05, 0) is 40.5 Å². The van der Waals surface area contributed by atoms with Gasteiger partial charge in [-0.15, -0.1) is 0 Å². The molecule has 0 N–H and O–H groups in total. The third kappa shape index (κ3) is 0.966. The third-order valence-corrected chi connectivity index (χ3v) is 2.40. The first kappa shape index (κ1) is 7.80. The monoisotopic (exact) mass is 228 g/mol. The summed E-state index contributed by atoms with van der Waals surface area (Å²) in [6.07, 6.45) is 1.48. The van der Waals surface area contributed by atoms with Crippen molar-refractivity contribution in [2.24, 2.45) is 0 Å². The van der Waals surface area contributed by atoms with Gasteiger partial charge in [-0.3, -0.25) is 0 Å². The fourth-order valence-corrected chi connectivity index (χ4v) is 1.85. The Hall–Kier alpha value is -0.830. The van der Waals surface area contributed by atoms with Crippen LogP contribution in [0.1, 0.15) is 5.56 Å². The summed E-state index contributed by atoms with van der Waals surface area (Å²) in [6, 6.07) is 3.34. The van der Waals surface area contributed by atoms with Gasteiger partial charge >= 0.3 is 0 Å². The average Bonchev–Trinajstić information content (AvgIpc) is 2.48. The first-order valence-electron chi connectivity index (χ1n) is 3.52. The Kier molecular flexibility index (Phi) is 1.68. The predicted octanol–water partition coefficient (Wildman–Crippen LogP) is 3.64. The molecule has 2 rings (SSSR count). The van der Waals surface area contributed by atoms with Crippen LogP contribution in [0.2, 0.25) is 0 Å². The van der Waals surface area contributed by atoms with E-state index in [-0.39, 0.29) is 5.82 Å². The quantitative estimate of drug-likeness (QED) is 0.672. The molecule has 1 nitrogen and oxygen atoms in total. The van der Waals surface area contributed by atoms with Crippen LogP contribution < -0.4 is 0 Å². The van der Waals surface area contributed by atoms with E-state index in [0.29, 0.717) is 16.5 Å². The third-order valence-electron chi connectivity index (χ3n) is 1.81. The second kappa shape index (κ2) is 2.59. The topological polar surface area (TPSA) is 13.1 Å². The molecule has 0 unspecified atom stereocenters. The number of furan rings is 1. The highest BCUT2D eigenvalue weighted by molar-refractivity contribution is 9.10. The van der Waals surface area contributed by atoms with Crippen molar-refractivity contribution >= 4 is 26.9 Å². The van der Waals surface area contributed by atoms with Crippen LogP contribution in [0, 0.1) is 12.7 Å². The Labute approximate surface area is 77.3 Å². The maximum absolute atomic E-state index is 13.3. The summed E-state index contributed by atoms with van der Waals surface area (Å²) in [4.78, 5) is 0. The molecule has 2 aromatic rings. The summed E-state index contributed by atoms with van der Waals surface area (Å²) >= 11 is 3.30. The highest BCUT2D eigenvalue weighted by atomic mass is 79.9. The Morgan fingerprint density at radius 1 is 1.50 bits per heavy atom.